The minimum absolute atomic E-state index is 0.0985. The molecule has 0 aliphatic carbocycles. The number of thioether (sulfide) groups is 1. The molecule has 1 aliphatic heterocycles. The van der Waals surface area contributed by atoms with Crippen molar-refractivity contribution in [1.29, 1.82) is 0 Å². The average molecular weight is 380 g/mol. The van der Waals surface area contributed by atoms with Gasteiger partial charge in [0, 0.05) is 47.2 Å². The summed E-state index contributed by atoms with van der Waals surface area (Å²) in [5.74, 6) is 0.925. The molecule has 0 bridgehead atoms. The van der Waals surface area contributed by atoms with Gasteiger partial charge in [0.25, 0.3) is 0 Å². The predicted molar refractivity (Wildman–Crippen MR) is 113 cm³/mol. The number of H-pyrrole nitrogens is 1. The van der Waals surface area contributed by atoms with E-state index >= 15 is 0 Å². The first kappa shape index (κ1) is 18.1. The predicted octanol–water partition coefficient (Wildman–Crippen LogP) is 5.36. The molecular weight excluding hydrogens is 354 g/mol. The molecule has 0 spiro atoms. The van der Waals surface area contributed by atoms with Crippen molar-refractivity contribution in [2.45, 2.75) is 43.9 Å². The molecule has 27 heavy (non-hydrogen) atoms. The van der Waals surface area contributed by atoms with Gasteiger partial charge < -0.3 is 9.88 Å². The molecule has 1 fully saturated rings. The van der Waals surface area contributed by atoms with Gasteiger partial charge in [0.15, 0.2) is 5.78 Å². The Bertz CT molecular complexity index is 973. The van der Waals surface area contributed by atoms with E-state index in [-0.39, 0.29) is 5.78 Å². The van der Waals surface area contributed by atoms with Crippen molar-refractivity contribution in [2.75, 3.05) is 18.0 Å². The van der Waals surface area contributed by atoms with Gasteiger partial charge in [0.05, 0.1) is 10.7 Å². The van der Waals surface area contributed by atoms with Crippen LogP contribution in [0.2, 0.25) is 0 Å². The van der Waals surface area contributed by atoms with Crippen molar-refractivity contribution < 1.29 is 4.79 Å². The molecule has 0 unspecified atom stereocenters. The highest BCUT2D eigenvalue weighted by atomic mass is 32.2. The highest BCUT2D eigenvalue weighted by Crippen LogP contribution is 2.29. The first-order valence-corrected chi connectivity index (χ1v) is 10.6. The molecule has 1 saturated heterocycles. The zero-order chi connectivity index (χ0) is 18.8. The van der Waals surface area contributed by atoms with Gasteiger partial charge in [-0.15, -0.1) is 11.8 Å². The molecule has 2 aromatic heterocycles. The molecule has 1 N–H and O–H groups in total. The van der Waals surface area contributed by atoms with Crippen LogP contribution in [0.15, 0.2) is 41.6 Å². The summed E-state index contributed by atoms with van der Waals surface area (Å²) in [6.07, 6.45) is 5.91. The minimum atomic E-state index is 0.0985. The molecule has 4 nitrogen and oxygen atoms in total. The molecule has 1 aromatic carbocycles. The van der Waals surface area contributed by atoms with E-state index < -0.39 is 0 Å². The standard InChI is InChI=1S/C22H25N3OS/c1-15-13-23-19(12-21(15)25-8-4-3-5-9-25)14-27-22-11-18-10-17(16(2)26)6-7-20(18)24-22/h6-7,10-13,24H,3-5,8-9,14H2,1-2H3. The van der Waals surface area contributed by atoms with Crippen LogP contribution in [0.4, 0.5) is 5.69 Å². The lowest BCUT2D eigenvalue weighted by Crippen LogP contribution is -2.30. The third-order valence-electron chi connectivity index (χ3n) is 5.21. The number of carbonyl (C=O) groups excluding carboxylic acids is 1. The normalized spacial score (nSPS) is 14.7. The number of benzene rings is 1. The molecule has 140 valence electrons. The Labute approximate surface area is 164 Å². The van der Waals surface area contributed by atoms with Crippen molar-refractivity contribution in [3.63, 3.8) is 0 Å². The Balaban J connectivity index is 1.49. The Morgan fingerprint density at radius 2 is 2.00 bits per heavy atom. The largest absolute Gasteiger partial charge is 0.371 e. The van der Waals surface area contributed by atoms with Gasteiger partial charge in [-0.05, 0) is 69.0 Å². The summed E-state index contributed by atoms with van der Waals surface area (Å²) >= 11 is 1.75. The number of carbonyl (C=O) groups is 1. The number of hydrogen-bond acceptors (Lipinski definition) is 4. The van der Waals surface area contributed by atoms with Crippen molar-refractivity contribution in [2.24, 2.45) is 0 Å². The number of nitrogens with one attached hydrogen (secondary N) is 1. The molecule has 1 aliphatic rings. The molecular formula is C22H25N3OS. The van der Waals surface area contributed by atoms with Crippen molar-refractivity contribution in [3.8, 4) is 0 Å². The lowest BCUT2D eigenvalue weighted by atomic mass is 10.1. The molecule has 4 rings (SSSR count). The summed E-state index contributed by atoms with van der Waals surface area (Å²) in [5, 5.41) is 2.18. The fraction of sp³-hybridized carbons (Fsp3) is 0.364. The first-order valence-electron chi connectivity index (χ1n) is 9.57. The number of rotatable bonds is 5. The number of hydrogen-bond donors (Lipinski definition) is 1. The number of ketones is 1. The highest BCUT2D eigenvalue weighted by molar-refractivity contribution is 7.98. The van der Waals surface area contributed by atoms with Crippen LogP contribution in [0, 0.1) is 6.92 Å². The van der Waals surface area contributed by atoms with Gasteiger partial charge in [0.1, 0.15) is 0 Å². The molecule has 3 heterocycles. The zero-order valence-corrected chi connectivity index (χ0v) is 16.7. The van der Waals surface area contributed by atoms with E-state index in [0.29, 0.717) is 0 Å². The Hall–Kier alpha value is -2.27. The number of nitrogens with zero attached hydrogens (tertiary/aromatic N) is 2. The van der Waals surface area contributed by atoms with Crippen molar-refractivity contribution in [1.82, 2.24) is 9.97 Å². The molecule has 3 aromatic rings. The monoisotopic (exact) mass is 379 g/mol. The van der Waals surface area contributed by atoms with Crippen LogP contribution in [-0.4, -0.2) is 28.8 Å². The second kappa shape index (κ2) is 7.77. The van der Waals surface area contributed by atoms with Gasteiger partial charge in [-0.3, -0.25) is 9.78 Å². The van der Waals surface area contributed by atoms with E-state index in [1.807, 2.05) is 24.4 Å². The van der Waals surface area contributed by atoms with Crippen LogP contribution < -0.4 is 4.90 Å². The quantitative estimate of drug-likeness (QED) is 0.479. The third-order valence-corrected chi connectivity index (χ3v) is 6.18. The van der Waals surface area contributed by atoms with E-state index in [0.717, 1.165) is 46.0 Å². The first-order chi connectivity index (χ1) is 13.1. The van der Waals surface area contributed by atoms with Gasteiger partial charge in [-0.2, -0.15) is 0 Å². The lowest BCUT2D eigenvalue weighted by Gasteiger charge is -2.30. The maximum atomic E-state index is 11.6. The van der Waals surface area contributed by atoms with Crippen LogP contribution in [0.25, 0.3) is 10.9 Å². The molecule has 0 amide bonds. The number of fused-ring (bicyclic) bond motifs is 1. The third kappa shape index (κ3) is 4.03. The maximum absolute atomic E-state index is 11.6. The SMILES string of the molecule is CC(=O)c1ccc2[nH]c(SCc3cc(N4CCCCC4)c(C)cn3)cc2c1. The number of pyridine rings is 1. The summed E-state index contributed by atoms with van der Waals surface area (Å²) in [5.41, 5.74) is 5.52. The number of aromatic nitrogens is 2. The van der Waals surface area contributed by atoms with E-state index in [9.17, 15) is 4.79 Å². The smallest absolute Gasteiger partial charge is 0.159 e. The minimum Gasteiger partial charge on any atom is -0.371 e. The molecule has 5 heteroatoms. The molecule has 0 radical (unpaired) electrons. The van der Waals surface area contributed by atoms with E-state index in [2.05, 4.69) is 33.9 Å². The number of aromatic amines is 1. The molecule has 0 atom stereocenters. The van der Waals surface area contributed by atoms with Crippen LogP contribution in [0.1, 0.15) is 47.8 Å². The summed E-state index contributed by atoms with van der Waals surface area (Å²) in [7, 11) is 0. The van der Waals surface area contributed by atoms with E-state index in [1.165, 1.54) is 30.5 Å². The lowest BCUT2D eigenvalue weighted by molar-refractivity contribution is 0.101. The second-order valence-corrected chi connectivity index (χ2v) is 8.31. The number of piperidine rings is 1. The average Bonchev–Trinajstić information content (AvgIpc) is 3.10. The Kier molecular flexibility index (Phi) is 5.21. The Morgan fingerprint density at radius 3 is 2.78 bits per heavy atom. The topological polar surface area (TPSA) is 49.0 Å². The van der Waals surface area contributed by atoms with Crippen molar-refractivity contribution in [3.05, 3.63) is 53.3 Å². The van der Waals surface area contributed by atoms with Crippen LogP contribution in [-0.2, 0) is 5.75 Å². The van der Waals surface area contributed by atoms with Gasteiger partial charge in [0.2, 0.25) is 0 Å². The number of anilines is 1. The van der Waals surface area contributed by atoms with Gasteiger partial charge >= 0.3 is 0 Å². The fourth-order valence-electron chi connectivity index (χ4n) is 3.66. The van der Waals surface area contributed by atoms with Crippen LogP contribution >= 0.6 is 11.8 Å². The fourth-order valence-corrected chi connectivity index (χ4v) is 4.52. The highest BCUT2D eigenvalue weighted by Gasteiger charge is 2.14. The number of aryl methyl sites for hydroxylation is 1. The van der Waals surface area contributed by atoms with Crippen LogP contribution in [0.5, 0.6) is 0 Å². The van der Waals surface area contributed by atoms with Gasteiger partial charge in [-0.1, -0.05) is 0 Å². The summed E-state index contributed by atoms with van der Waals surface area (Å²) < 4.78 is 0. The van der Waals surface area contributed by atoms with Gasteiger partial charge in [-0.25, -0.2) is 0 Å². The maximum Gasteiger partial charge on any atom is 0.159 e. The van der Waals surface area contributed by atoms with E-state index in [4.69, 9.17) is 0 Å². The zero-order valence-electron chi connectivity index (χ0n) is 15.9. The summed E-state index contributed by atoms with van der Waals surface area (Å²) in [4.78, 5) is 22.1. The second-order valence-electron chi connectivity index (χ2n) is 7.29. The number of Topliss-reactive ketones (excluding diaryl/α,β-unsaturated/α-hetero) is 1. The summed E-state index contributed by atoms with van der Waals surface area (Å²) in [6.45, 7) is 6.06. The molecule has 0 saturated carbocycles. The summed E-state index contributed by atoms with van der Waals surface area (Å²) in [6, 6.07) is 10.2. The van der Waals surface area contributed by atoms with Crippen LogP contribution in [0.3, 0.4) is 0 Å². The Morgan fingerprint density at radius 1 is 1.19 bits per heavy atom. The van der Waals surface area contributed by atoms with Crippen molar-refractivity contribution >= 4 is 34.1 Å². The van der Waals surface area contributed by atoms with E-state index in [1.54, 1.807) is 18.7 Å².